The molecule has 0 radical (unpaired) electrons. The summed E-state index contributed by atoms with van der Waals surface area (Å²) >= 11 is 0. The van der Waals surface area contributed by atoms with E-state index >= 15 is 0 Å². The van der Waals surface area contributed by atoms with E-state index < -0.39 is 0 Å². The Kier molecular flexibility index (Phi) is 2.01. The minimum Gasteiger partial charge on any atom is -0.321 e. The van der Waals surface area contributed by atoms with Crippen molar-refractivity contribution >= 4 is 10.8 Å². The second-order valence-corrected chi connectivity index (χ2v) is 4.69. The van der Waals surface area contributed by atoms with Crippen molar-refractivity contribution in [3.8, 4) is 0 Å². The lowest BCUT2D eigenvalue weighted by molar-refractivity contribution is 0.254. The molecule has 16 heavy (non-hydrogen) atoms. The van der Waals surface area contributed by atoms with Crippen molar-refractivity contribution in [1.29, 1.82) is 0 Å². The van der Waals surface area contributed by atoms with Crippen LogP contribution in [0.15, 0.2) is 36.4 Å². The van der Waals surface area contributed by atoms with Gasteiger partial charge in [-0.05, 0) is 42.3 Å². The van der Waals surface area contributed by atoms with Crippen LogP contribution in [0.1, 0.15) is 24.8 Å². The zero-order valence-electron chi connectivity index (χ0n) is 9.04. The fourth-order valence-electron chi connectivity index (χ4n) is 2.39. The molecule has 0 unspecified atom stereocenters. The third kappa shape index (κ3) is 1.34. The van der Waals surface area contributed by atoms with Crippen molar-refractivity contribution in [1.82, 2.24) is 0 Å². The maximum atomic E-state index is 13.6. The van der Waals surface area contributed by atoms with E-state index in [1.54, 1.807) is 6.07 Å². The average Bonchev–Trinajstić information content (AvgIpc) is 2.26. The molecule has 1 aliphatic rings. The molecule has 1 nitrogen and oxygen atoms in total. The number of benzene rings is 2. The highest BCUT2D eigenvalue weighted by Gasteiger charge is 2.34. The Morgan fingerprint density at radius 1 is 1.12 bits per heavy atom. The molecule has 0 aromatic heterocycles. The quantitative estimate of drug-likeness (QED) is 0.776. The number of hydrogen-bond acceptors (Lipinski definition) is 1. The monoisotopic (exact) mass is 215 g/mol. The van der Waals surface area contributed by atoms with Gasteiger partial charge >= 0.3 is 0 Å². The largest absolute Gasteiger partial charge is 0.321 e. The normalized spacial score (nSPS) is 18.4. The highest BCUT2D eigenvalue weighted by atomic mass is 19.1. The Morgan fingerprint density at radius 3 is 2.62 bits per heavy atom. The second kappa shape index (κ2) is 3.29. The summed E-state index contributed by atoms with van der Waals surface area (Å²) in [4.78, 5) is 0. The van der Waals surface area contributed by atoms with Crippen molar-refractivity contribution in [2.24, 2.45) is 5.73 Å². The molecule has 3 rings (SSSR count). The zero-order chi connectivity index (χ0) is 11.2. The fourth-order valence-corrected chi connectivity index (χ4v) is 2.39. The highest BCUT2D eigenvalue weighted by Crippen LogP contribution is 2.39. The summed E-state index contributed by atoms with van der Waals surface area (Å²) in [6.45, 7) is 0. The van der Waals surface area contributed by atoms with E-state index in [2.05, 4.69) is 0 Å². The van der Waals surface area contributed by atoms with Gasteiger partial charge in [0, 0.05) is 10.9 Å². The third-order valence-corrected chi connectivity index (χ3v) is 3.65. The topological polar surface area (TPSA) is 26.0 Å². The highest BCUT2D eigenvalue weighted by molar-refractivity contribution is 5.84. The summed E-state index contributed by atoms with van der Waals surface area (Å²) in [5.74, 6) is -0.165. The molecule has 82 valence electrons. The zero-order valence-corrected chi connectivity index (χ0v) is 9.04. The number of halogens is 1. The molecule has 2 heteroatoms. The Balaban J connectivity index is 2.18. The Bertz CT molecular complexity index is 543. The van der Waals surface area contributed by atoms with Crippen molar-refractivity contribution in [2.75, 3.05) is 0 Å². The number of rotatable bonds is 1. The standard InChI is InChI=1S/C14H14FN/c15-13-4-1-3-10-5-6-11(9-12(10)13)14(16)7-2-8-14/h1,3-6,9H,2,7-8,16H2. The van der Waals surface area contributed by atoms with Crippen LogP contribution in [0.2, 0.25) is 0 Å². The van der Waals surface area contributed by atoms with Gasteiger partial charge in [-0.3, -0.25) is 0 Å². The van der Waals surface area contributed by atoms with Crippen LogP contribution in [0.3, 0.4) is 0 Å². The Labute approximate surface area is 94.1 Å². The first kappa shape index (κ1) is 9.79. The molecule has 1 fully saturated rings. The van der Waals surface area contributed by atoms with Crippen molar-refractivity contribution in [3.63, 3.8) is 0 Å². The van der Waals surface area contributed by atoms with E-state index in [0.29, 0.717) is 5.39 Å². The maximum absolute atomic E-state index is 13.6. The van der Waals surface area contributed by atoms with Crippen LogP contribution in [-0.4, -0.2) is 0 Å². The van der Waals surface area contributed by atoms with E-state index in [1.807, 2.05) is 24.3 Å². The first-order valence-electron chi connectivity index (χ1n) is 5.67. The number of nitrogens with two attached hydrogens (primary N) is 1. The molecule has 1 aliphatic carbocycles. The molecule has 0 amide bonds. The van der Waals surface area contributed by atoms with Crippen LogP contribution >= 0.6 is 0 Å². The van der Waals surface area contributed by atoms with Crippen molar-refractivity contribution in [2.45, 2.75) is 24.8 Å². The van der Waals surface area contributed by atoms with E-state index in [4.69, 9.17) is 5.73 Å². The molecule has 0 spiro atoms. The van der Waals surface area contributed by atoms with Crippen LogP contribution in [0.4, 0.5) is 4.39 Å². The molecule has 2 aromatic carbocycles. The molecule has 2 aromatic rings. The summed E-state index contributed by atoms with van der Waals surface area (Å²) in [6.07, 6.45) is 3.19. The minimum atomic E-state index is -0.212. The van der Waals surface area contributed by atoms with Gasteiger partial charge in [-0.15, -0.1) is 0 Å². The van der Waals surface area contributed by atoms with E-state index in [9.17, 15) is 4.39 Å². The molecule has 0 aliphatic heterocycles. The van der Waals surface area contributed by atoms with Gasteiger partial charge in [-0.1, -0.05) is 24.3 Å². The summed E-state index contributed by atoms with van der Waals surface area (Å²) in [7, 11) is 0. The van der Waals surface area contributed by atoms with Crippen LogP contribution in [0.5, 0.6) is 0 Å². The van der Waals surface area contributed by atoms with Crippen molar-refractivity contribution in [3.05, 3.63) is 47.8 Å². The minimum absolute atomic E-state index is 0.165. The molecule has 1 saturated carbocycles. The predicted octanol–water partition coefficient (Wildman–Crippen LogP) is 3.32. The van der Waals surface area contributed by atoms with Gasteiger partial charge in [0.1, 0.15) is 5.82 Å². The van der Waals surface area contributed by atoms with Crippen LogP contribution < -0.4 is 5.73 Å². The van der Waals surface area contributed by atoms with Gasteiger partial charge in [-0.2, -0.15) is 0 Å². The van der Waals surface area contributed by atoms with Gasteiger partial charge in [0.25, 0.3) is 0 Å². The van der Waals surface area contributed by atoms with Crippen LogP contribution in [0, 0.1) is 5.82 Å². The molecular formula is C14H14FN. The summed E-state index contributed by atoms with van der Waals surface area (Å²) < 4.78 is 13.6. The average molecular weight is 215 g/mol. The van der Waals surface area contributed by atoms with Gasteiger partial charge in [-0.25, -0.2) is 4.39 Å². The molecule has 0 atom stereocenters. The van der Waals surface area contributed by atoms with Crippen LogP contribution in [-0.2, 0) is 5.54 Å². The summed E-state index contributed by atoms with van der Waals surface area (Å²) in [5, 5.41) is 1.61. The van der Waals surface area contributed by atoms with Crippen LogP contribution in [0.25, 0.3) is 10.8 Å². The third-order valence-electron chi connectivity index (χ3n) is 3.65. The van der Waals surface area contributed by atoms with E-state index in [-0.39, 0.29) is 11.4 Å². The molecular weight excluding hydrogens is 201 g/mol. The number of fused-ring (bicyclic) bond motifs is 1. The molecule has 0 heterocycles. The van der Waals surface area contributed by atoms with E-state index in [1.165, 1.54) is 12.5 Å². The molecule has 2 N–H and O–H groups in total. The van der Waals surface area contributed by atoms with Gasteiger partial charge in [0.2, 0.25) is 0 Å². The van der Waals surface area contributed by atoms with Gasteiger partial charge < -0.3 is 5.73 Å². The molecule has 0 bridgehead atoms. The van der Waals surface area contributed by atoms with Gasteiger partial charge in [0.05, 0.1) is 0 Å². The lowest BCUT2D eigenvalue weighted by Gasteiger charge is -2.38. The lowest BCUT2D eigenvalue weighted by atomic mass is 9.72. The molecule has 0 saturated heterocycles. The maximum Gasteiger partial charge on any atom is 0.131 e. The Hall–Kier alpha value is -1.41. The summed E-state index contributed by atoms with van der Waals surface area (Å²) in [5.41, 5.74) is 7.10. The van der Waals surface area contributed by atoms with Gasteiger partial charge in [0.15, 0.2) is 0 Å². The summed E-state index contributed by atoms with van der Waals surface area (Å²) in [6, 6.07) is 11.0. The first-order valence-corrected chi connectivity index (χ1v) is 5.67. The lowest BCUT2D eigenvalue weighted by Crippen LogP contribution is -2.43. The number of hydrogen-bond donors (Lipinski definition) is 1. The fraction of sp³-hybridized carbons (Fsp3) is 0.286. The second-order valence-electron chi connectivity index (χ2n) is 4.69. The first-order chi connectivity index (χ1) is 7.69. The SMILES string of the molecule is NC1(c2ccc3cccc(F)c3c2)CCC1. The van der Waals surface area contributed by atoms with E-state index in [0.717, 1.165) is 23.8 Å². The van der Waals surface area contributed by atoms with Crippen molar-refractivity contribution < 1.29 is 4.39 Å². The Morgan fingerprint density at radius 2 is 1.94 bits per heavy atom. The predicted molar refractivity (Wildman–Crippen MR) is 63.6 cm³/mol. The smallest absolute Gasteiger partial charge is 0.131 e.